The van der Waals surface area contributed by atoms with Crippen LogP contribution in [0.3, 0.4) is 0 Å². The molecular formula is C13H12N6O2. The van der Waals surface area contributed by atoms with Gasteiger partial charge in [-0.2, -0.15) is 10.2 Å². The predicted octanol–water partition coefficient (Wildman–Crippen LogP) is 1.91. The lowest BCUT2D eigenvalue weighted by atomic mass is 10.1. The van der Waals surface area contributed by atoms with Crippen molar-refractivity contribution in [1.82, 2.24) is 9.97 Å². The molecule has 8 nitrogen and oxygen atoms in total. The van der Waals surface area contributed by atoms with Gasteiger partial charge in [0.2, 0.25) is 11.8 Å². The number of nitro groups is 1. The molecule has 0 radical (unpaired) electrons. The SMILES string of the molecule is CNc1ncc([N+](=O)[O-])c(NCc2ccc(C#N)cc2)n1. The number of nitriles is 1. The van der Waals surface area contributed by atoms with E-state index in [9.17, 15) is 10.1 Å². The van der Waals surface area contributed by atoms with Crippen molar-refractivity contribution < 1.29 is 4.92 Å². The smallest absolute Gasteiger partial charge is 0.329 e. The molecule has 0 bridgehead atoms. The summed E-state index contributed by atoms with van der Waals surface area (Å²) in [6, 6.07) is 8.95. The molecule has 1 aromatic carbocycles. The minimum Gasteiger partial charge on any atom is -0.360 e. The van der Waals surface area contributed by atoms with E-state index in [1.54, 1.807) is 31.3 Å². The van der Waals surface area contributed by atoms with Crippen molar-refractivity contribution in [2.24, 2.45) is 0 Å². The standard InChI is InChI=1S/C13H12N6O2/c1-15-13-17-8-11(19(20)21)12(18-13)16-7-10-4-2-9(6-14)3-5-10/h2-5,8H,7H2,1H3,(H2,15,16,17,18). The number of aromatic nitrogens is 2. The monoisotopic (exact) mass is 284 g/mol. The number of nitrogens with one attached hydrogen (secondary N) is 2. The molecule has 0 aliphatic rings. The van der Waals surface area contributed by atoms with E-state index in [1.165, 1.54) is 0 Å². The highest BCUT2D eigenvalue weighted by Crippen LogP contribution is 2.22. The first-order valence-electron chi connectivity index (χ1n) is 6.06. The topological polar surface area (TPSA) is 117 Å². The van der Waals surface area contributed by atoms with Gasteiger partial charge in [0, 0.05) is 13.6 Å². The molecule has 1 aromatic heterocycles. The van der Waals surface area contributed by atoms with Crippen LogP contribution in [0, 0.1) is 21.4 Å². The number of hydrogen-bond acceptors (Lipinski definition) is 7. The largest absolute Gasteiger partial charge is 0.360 e. The minimum atomic E-state index is -0.541. The summed E-state index contributed by atoms with van der Waals surface area (Å²) in [6.07, 6.45) is 1.15. The van der Waals surface area contributed by atoms with Gasteiger partial charge in [-0.25, -0.2) is 4.98 Å². The molecule has 0 amide bonds. The zero-order valence-electron chi connectivity index (χ0n) is 11.2. The summed E-state index contributed by atoms with van der Waals surface area (Å²) in [5.74, 6) is 0.437. The average molecular weight is 284 g/mol. The van der Waals surface area contributed by atoms with Crippen LogP contribution in [0.4, 0.5) is 17.5 Å². The number of hydrogen-bond donors (Lipinski definition) is 2. The highest BCUT2D eigenvalue weighted by molar-refractivity contribution is 5.57. The Hall–Kier alpha value is -3.21. The highest BCUT2D eigenvalue weighted by atomic mass is 16.6. The summed E-state index contributed by atoms with van der Waals surface area (Å²) >= 11 is 0. The third-order valence-electron chi connectivity index (χ3n) is 2.73. The quantitative estimate of drug-likeness (QED) is 0.636. The summed E-state index contributed by atoms with van der Waals surface area (Å²) in [5.41, 5.74) is 1.25. The van der Waals surface area contributed by atoms with Crippen LogP contribution in [0.2, 0.25) is 0 Å². The van der Waals surface area contributed by atoms with Gasteiger partial charge in [-0.05, 0) is 17.7 Å². The van der Waals surface area contributed by atoms with Gasteiger partial charge in [0.25, 0.3) is 0 Å². The molecule has 2 aromatic rings. The molecule has 0 unspecified atom stereocenters. The molecule has 0 saturated heterocycles. The molecule has 0 aliphatic carbocycles. The molecular weight excluding hydrogens is 272 g/mol. The van der Waals surface area contributed by atoms with Crippen molar-refractivity contribution >= 4 is 17.5 Å². The van der Waals surface area contributed by atoms with Gasteiger partial charge in [0.1, 0.15) is 6.20 Å². The summed E-state index contributed by atoms with van der Waals surface area (Å²) in [6.45, 7) is 0.354. The number of anilines is 2. The summed E-state index contributed by atoms with van der Waals surface area (Å²) in [7, 11) is 1.63. The van der Waals surface area contributed by atoms with Crippen molar-refractivity contribution in [3.05, 3.63) is 51.7 Å². The Morgan fingerprint density at radius 2 is 2.10 bits per heavy atom. The van der Waals surface area contributed by atoms with Crippen LogP contribution in [-0.2, 0) is 6.54 Å². The lowest BCUT2D eigenvalue weighted by Gasteiger charge is -2.07. The Labute approximate surface area is 120 Å². The van der Waals surface area contributed by atoms with Gasteiger partial charge in [0.05, 0.1) is 16.6 Å². The molecule has 0 spiro atoms. The Bertz CT molecular complexity index is 693. The number of nitrogens with zero attached hydrogens (tertiary/aromatic N) is 4. The van der Waals surface area contributed by atoms with Crippen molar-refractivity contribution in [1.29, 1.82) is 5.26 Å². The summed E-state index contributed by atoms with van der Waals surface area (Å²) in [4.78, 5) is 18.3. The van der Waals surface area contributed by atoms with E-state index in [0.717, 1.165) is 11.8 Å². The van der Waals surface area contributed by atoms with Crippen molar-refractivity contribution in [3.8, 4) is 6.07 Å². The first kappa shape index (κ1) is 14.2. The maximum Gasteiger partial charge on any atom is 0.329 e. The van der Waals surface area contributed by atoms with E-state index < -0.39 is 4.92 Å². The third kappa shape index (κ3) is 3.42. The number of benzene rings is 1. The maximum absolute atomic E-state index is 10.9. The van der Waals surface area contributed by atoms with E-state index in [-0.39, 0.29) is 11.5 Å². The highest BCUT2D eigenvalue weighted by Gasteiger charge is 2.16. The van der Waals surface area contributed by atoms with Crippen LogP contribution < -0.4 is 10.6 Å². The maximum atomic E-state index is 10.9. The van der Waals surface area contributed by atoms with Gasteiger partial charge in [-0.15, -0.1) is 0 Å². The molecule has 1 heterocycles. The van der Waals surface area contributed by atoms with Crippen LogP contribution in [0.1, 0.15) is 11.1 Å². The van der Waals surface area contributed by atoms with E-state index >= 15 is 0 Å². The first-order valence-corrected chi connectivity index (χ1v) is 6.06. The third-order valence-corrected chi connectivity index (χ3v) is 2.73. The van der Waals surface area contributed by atoms with Crippen LogP contribution in [0.5, 0.6) is 0 Å². The van der Waals surface area contributed by atoms with Crippen molar-refractivity contribution in [2.45, 2.75) is 6.54 Å². The average Bonchev–Trinajstić information content (AvgIpc) is 2.52. The normalized spacial score (nSPS) is 9.71. The van der Waals surface area contributed by atoms with Gasteiger partial charge >= 0.3 is 5.69 Å². The number of rotatable bonds is 5. The molecule has 2 rings (SSSR count). The fourth-order valence-corrected chi connectivity index (χ4v) is 1.64. The van der Waals surface area contributed by atoms with Crippen molar-refractivity contribution in [2.75, 3.05) is 17.7 Å². The van der Waals surface area contributed by atoms with Gasteiger partial charge in [-0.1, -0.05) is 12.1 Å². The zero-order chi connectivity index (χ0) is 15.2. The Balaban J connectivity index is 2.17. The van der Waals surface area contributed by atoms with Crippen LogP contribution in [-0.4, -0.2) is 21.9 Å². The van der Waals surface area contributed by atoms with Crippen LogP contribution >= 0.6 is 0 Å². The first-order chi connectivity index (χ1) is 10.1. The van der Waals surface area contributed by atoms with Gasteiger partial charge in [-0.3, -0.25) is 10.1 Å². The molecule has 0 aliphatic heterocycles. The van der Waals surface area contributed by atoms with Crippen molar-refractivity contribution in [3.63, 3.8) is 0 Å². The fraction of sp³-hybridized carbons (Fsp3) is 0.154. The molecule has 0 fully saturated rings. The van der Waals surface area contributed by atoms with Gasteiger partial charge < -0.3 is 10.6 Å². The van der Waals surface area contributed by atoms with E-state index in [2.05, 4.69) is 20.6 Å². The second kappa shape index (κ2) is 6.29. The second-order valence-corrected chi connectivity index (χ2v) is 4.10. The van der Waals surface area contributed by atoms with Gasteiger partial charge in [0.15, 0.2) is 0 Å². The minimum absolute atomic E-state index is 0.142. The van der Waals surface area contributed by atoms with Crippen LogP contribution in [0.15, 0.2) is 30.5 Å². The van der Waals surface area contributed by atoms with E-state index in [4.69, 9.17) is 5.26 Å². The molecule has 21 heavy (non-hydrogen) atoms. The Morgan fingerprint density at radius 3 is 2.67 bits per heavy atom. The van der Waals surface area contributed by atoms with Crippen LogP contribution in [0.25, 0.3) is 0 Å². The summed E-state index contributed by atoms with van der Waals surface area (Å²) < 4.78 is 0. The molecule has 8 heteroatoms. The lowest BCUT2D eigenvalue weighted by molar-refractivity contribution is -0.384. The Morgan fingerprint density at radius 1 is 1.38 bits per heavy atom. The zero-order valence-corrected chi connectivity index (χ0v) is 11.2. The second-order valence-electron chi connectivity index (χ2n) is 4.10. The molecule has 0 saturated carbocycles. The Kier molecular flexibility index (Phi) is 4.26. The summed E-state index contributed by atoms with van der Waals surface area (Å²) in [5, 5.41) is 25.3. The van der Waals surface area contributed by atoms with E-state index in [0.29, 0.717) is 18.1 Å². The molecule has 2 N–H and O–H groups in total. The molecule has 0 atom stereocenters. The predicted molar refractivity (Wildman–Crippen MR) is 76.7 cm³/mol. The lowest BCUT2D eigenvalue weighted by Crippen LogP contribution is -2.07. The fourth-order valence-electron chi connectivity index (χ4n) is 1.64. The molecule has 106 valence electrons. The van der Waals surface area contributed by atoms with E-state index in [1.807, 2.05) is 6.07 Å².